The predicted molar refractivity (Wildman–Crippen MR) is 236 cm³/mol. The highest BCUT2D eigenvalue weighted by molar-refractivity contribution is 7.47. The van der Waals surface area contributed by atoms with Crippen LogP contribution >= 0.6 is 7.82 Å². The van der Waals surface area contributed by atoms with Gasteiger partial charge in [0, 0.05) is 12.8 Å². The molecule has 2 unspecified atom stereocenters. The Hall–Kier alpha value is -1.11. The van der Waals surface area contributed by atoms with Crippen LogP contribution < -0.4 is 0 Å². The Morgan fingerprint density at radius 3 is 1.53 bits per heavy atom. The highest BCUT2D eigenvalue weighted by Gasteiger charge is 2.51. The largest absolute Gasteiger partial charge is 0.472 e. The van der Waals surface area contributed by atoms with Crippen molar-refractivity contribution in [2.75, 3.05) is 54.1 Å². The number of carbonyl (C=O) groups is 2. The van der Waals surface area contributed by atoms with Crippen molar-refractivity contribution < 1.29 is 52.0 Å². The summed E-state index contributed by atoms with van der Waals surface area (Å²) in [5.41, 5.74) is -1.16. The predicted octanol–water partition coefficient (Wildman–Crippen LogP) is 11.8. The highest BCUT2D eigenvalue weighted by atomic mass is 31.2. The molecular formula is C46H91N2O10P+. The lowest BCUT2D eigenvalue weighted by atomic mass is 9.95. The van der Waals surface area contributed by atoms with Crippen molar-refractivity contribution in [2.45, 2.75) is 231 Å². The Kier molecular flexibility index (Phi) is 30.8. The second-order valence-corrected chi connectivity index (χ2v) is 20.3. The third kappa shape index (κ3) is 29.0. The van der Waals surface area contributed by atoms with Crippen LogP contribution in [0.2, 0.25) is 0 Å². The fraction of sp³-hybridized carbons (Fsp3) is 0.957. The Bertz CT molecular complexity index is 1120. The molecule has 1 radical (unpaired) electrons. The molecule has 3 atom stereocenters. The molecule has 1 rings (SSSR count). The number of esters is 2. The van der Waals surface area contributed by atoms with Crippen molar-refractivity contribution in [1.29, 1.82) is 0 Å². The standard InChI is InChI=1S/C46H90N2O10P/c1-8-10-12-14-15-16-17-18-19-20-23-26-29-33-43(49)54-39-42(40-57-59(52,53)56-38-37-48(5,6)7)58-44(50)34-30-27-24-21-22-25-28-32-36-46(35-31-13-11-9-2)47(51)45(3,4)41-55-46/h42H,8-41H2,1-7H3/p+1/t42-,46?/m0/s1. The number of carbonyl (C=O) groups excluding carboxylic acids is 2. The molecular weight excluding hydrogens is 771 g/mol. The Morgan fingerprint density at radius 2 is 1.08 bits per heavy atom. The lowest BCUT2D eigenvalue weighted by Gasteiger charge is -2.35. The molecule has 1 heterocycles. The van der Waals surface area contributed by atoms with Crippen LogP contribution in [0, 0.1) is 0 Å². The van der Waals surface area contributed by atoms with E-state index in [1.165, 1.54) is 82.1 Å². The number of likely N-dealkylation sites (N-methyl/N-ethyl adjacent to an activating group) is 1. The molecule has 59 heavy (non-hydrogen) atoms. The van der Waals surface area contributed by atoms with Crippen LogP contribution in [0.3, 0.4) is 0 Å². The van der Waals surface area contributed by atoms with Gasteiger partial charge in [-0.15, -0.1) is 10.3 Å². The van der Waals surface area contributed by atoms with Crippen LogP contribution in [-0.2, 0) is 42.6 Å². The minimum Gasteiger partial charge on any atom is -0.462 e. The summed E-state index contributed by atoms with van der Waals surface area (Å²) in [7, 11) is 1.43. The third-order valence-corrected chi connectivity index (χ3v) is 12.4. The van der Waals surface area contributed by atoms with Crippen LogP contribution in [-0.4, -0.2) is 97.9 Å². The van der Waals surface area contributed by atoms with Gasteiger partial charge in [0.25, 0.3) is 0 Å². The van der Waals surface area contributed by atoms with Crippen molar-refractivity contribution in [2.24, 2.45) is 0 Å². The molecule has 0 aromatic heterocycles. The summed E-state index contributed by atoms with van der Waals surface area (Å²) in [6, 6.07) is 0. The van der Waals surface area contributed by atoms with E-state index in [1.54, 1.807) is 0 Å². The first kappa shape index (κ1) is 55.9. The van der Waals surface area contributed by atoms with Crippen LogP contribution in [0.15, 0.2) is 0 Å². The van der Waals surface area contributed by atoms with E-state index in [1.807, 2.05) is 35.0 Å². The second kappa shape index (κ2) is 32.5. The van der Waals surface area contributed by atoms with Gasteiger partial charge in [0.1, 0.15) is 25.5 Å². The second-order valence-electron chi connectivity index (χ2n) is 18.9. The molecule has 1 saturated heterocycles. The average molecular weight is 863 g/mol. The molecule has 1 aliphatic heterocycles. The van der Waals surface area contributed by atoms with Gasteiger partial charge in [-0.2, -0.15) is 0 Å². The molecule has 0 spiro atoms. The number of hydroxylamine groups is 2. The Balaban J connectivity index is 2.38. The van der Waals surface area contributed by atoms with E-state index in [4.69, 9.17) is 23.3 Å². The molecule has 1 N–H and O–H groups in total. The molecule has 0 amide bonds. The number of phosphoric acid groups is 1. The first-order chi connectivity index (χ1) is 28.1. The quantitative estimate of drug-likeness (QED) is 0.0274. The highest BCUT2D eigenvalue weighted by Crippen LogP contribution is 2.43. The lowest BCUT2D eigenvalue weighted by molar-refractivity contribution is -0.870. The van der Waals surface area contributed by atoms with Gasteiger partial charge in [0.15, 0.2) is 6.10 Å². The molecule has 0 aromatic rings. The minimum absolute atomic E-state index is 0.0172. The summed E-state index contributed by atoms with van der Waals surface area (Å²) >= 11 is 0. The van der Waals surface area contributed by atoms with Crippen molar-refractivity contribution >= 4 is 19.8 Å². The molecule has 1 aliphatic rings. The maximum Gasteiger partial charge on any atom is 0.472 e. The van der Waals surface area contributed by atoms with E-state index in [-0.39, 0.29) is 32.0 Å². The summed E-state index contributed by atoms with van der Waals surface area (Å²) in [6.45, 7) is 8.71. The van der Waals surface area contributed by atoms with Crippen molar-refractivity contribution in [3.05, 3.63) is 0 Å². The number of hydrogen-bond donors (Lipinski definition) is 1. The van der Waals surface area contributed by atoms with Gasteiger partial charge in [-0.3, -0.25) is 18.6 Å². The number of phosphoric ester groups is 1. The summed E-state index contributed by atoms with van der Waals surface area (Å²) in [6.07, 6.45) is 29.2. The van der Waals surface area contributed by atoms with Crippen LogP contribution in [0.4, 0.5) is 0 Å². The molecule has 12 nitrogen and oxygen atoms in total. The van der Waals surface area contributed by atoms with E-state index in [9.17, 15) is 24.3 Å². The van der Waals surface area contributed by atoms with Gasteiger partial charge in [-0.1, -0.05) is 149 Å². The summed E-state index contributed by atoms with van der Waals surface area (Å²) in [5, 5.41) is 14.4. The molecule has 1 fully saturated rings. The minimum atomic E-state index is -4.40. The molecule has 0 aromatic carbocycles. The Labute approximate surface area is 361 Å². The molecule has 0 aliphatic carbocycles. The summed E-state index contributed by atoms with van der Waals surface area (Å²) in [4.78, 5) is 35.6. The summed E-state index contributed by atoms with van der Waals surface area (Å²) in [5.74, 6) is -0.844. The van der Waals surface area contributed by atoms with E-state index in [2.05, 4.69) is 13.8 Å². The zero-order valence-corrected chi connectivity index (χ0v) is 40.0. The summed E-state index contributed by atoms with van der Waals surface area (Å²) < 4.78 is 40.6. The zero-order chi connectivity index (χ0) is 43.9. The maximum atomic E-state index is 13.2. The van der Waals surface area contributed by atoms with E-state index < -0.39 is 37.8 Å². The van der Waals surface area contributed by atoms with E-state index >= 15 is 0 Å². The van der Waals surface area contributed by atoms with Crippen LogP contribution in [0.25, 0.3) is 0 Å². The van der Waals surface area contributed by atoms with E-state index in [0.29, 0.717) is 24.1 Å². The number of ether oxygens (including phenoxy) is 3. The lowest BCUT2D eigenvalue weighted by Crippen LogP contribution is -2.49. The number of rotatable bonds is 40. The fourth-order valence-corrected chi connectivity index (χ4v) is 8.30. The first-order valence-corrected chi connectivity index (χ1v) is 25.4. The topological polar surface area (TPSA) is 141 Å². The van der Waals surface area contributed by atoms with Crippen molar-refractivity contribution in [1.82, 2.24) is 5.06 Å². The van der Waals surface area contributed by atoms with Gasteiger partial charge in [0.2, 0.25) is 0 Å². The first-order valence-electron chi connectivity index (χ1n) is 23.9. The SMILES string of the molecule is CCCCCCCCCCCCCCCC(=O)OC[C@@H](COP(=O)(O)OCC[N+](C)(C)C)OC(=O)CCCCCCCCCCC1(CCCCCC)OCC(C)(C)N1[O]. The van der Waals surface area contributed by atoms with Gasteiger partial charge >= 0.3 is 19.8 Å². The molecule has 349 valence electrons. The molecule has 13 heteroatoms. The fourth-order valence-electron chi connectivity index (χ4n) is 7.56. The van der Waals surface area contributed by atoms with Crippen LogP contribution in [0.5, 0.6) is 0 Å². The normalized spacial score (nSPS) is 18.5. The van der Waals surface area contributed by atoms with Gasteiger partial charge in [-0.05, 0) is 52.4 Å². The van der Waals surface area contributed by atoms with Gasteiger partial charge in [0.05, 0.1) is 39.9 Å². The number of nitrogens with zero attached hydrogens (tertiary/aromatic N) is 2. The number of unbranched alkanes of at least 4 members (excludes halogenated alkanes) is 22. The average Bonchev–Trinajstić information content (AvgIpc) is 3.40. The van der Waals surface area contributed by atoms with Gasteiger partial charge < -0.3 is 23.6 Å². The zero-order valence-electron chi connectivity index (χ0n) is 39.1. The number of hydrogen-bond acceptors (Lipinski definition) is 9. The number of quaternary nitrogens is 1. The molecule has 0 saturated carbocycles. The third-order valence-electron chi connectivity index (χ3n) is 11.4. The monoisotopic (exact) mass is 863 g/mol. The maximum absolute atomic E-state index is 13.2. The molecule has 0 bridgehead atoms. The van der Waals surface area contributed by atoms with E-state index in [0.717, 1.165) is 89.9 Å². The Morgan fingerprint density at radius 1 is 0.661 bits per heavy atom. The van der Waals surface area contributed by atoms with Crippen LogP contribution in [0.1, 0.15) is 214 Å². The smallest absolute Gasteiger partial charge is 0.462 e. The van der Waals surface area contributed by atoms with Crippen molar-refractivity contribution in [3.63, 3.8) is 0 Å². The van der Waals surface area contributed by atoms with Crippen molar-refractivity contribution in [3.8, 4) is 0 Å². The van der Waals surface area contributed by atoms with Gasteiger partial charge in [-0.25, -0.2) is 4.57 Å².